The highest BCUT2D eigenvalue weighted by molar-refractivity contribution is 9.10. The molecule has 0 amide bonds. The third-order valence-corrected chi connectivity index (χ3v) is 3.01. The predicted molar refractivity (Wildman–Crippen MR) is 63.3 cm³/mol. The van der Waals surface area contributed by atoms with Gasteiger partial charge in [0.2, 0.25) is 0 Å². The monoisotopic (exact) mass is 284 g/mol. The maximum atomic E-state index is 5.58. The molecule has 0 spiro atoms. The third-order valence-electron chi connectivity index (χ3n) is 2.40. The van der Waals surface area contributed by atoms with Crippen molar-refractivity contribution in [2.75, 3.05) is 0 Å². The highest BCUT2D eigenvalue weighted by atomic mass is 79.9. The van der Waals surface area contributed by atoms with Crippen molar-refractivity contribution in [3.63, 3.8) is 0 Å². The normalized spacial score (nSPS) is 13.0. The Hall–Kier alpha value is -1.18. The van der Waals surface area contributed by atoms with Crippen LogP contribution in [0.1, 0.15) is 17.4 Å². The summed E-state index contributed by atoms with van der Waals surface area (Å²) in [4.78, 5) is 4.28. The topological polar surface area (TPSA) is 73.7 Å². The molecule has 0 bridgehead atoms. The lowest BCUT2D eigenvalue weighted by molar-refractivity contribution is 0.563. The second kappa shape index (κ2) is 4.36. The average Bonchev–Trinajstić information content (AvgIpc) is 2.80. The molecule has 2 aromatic heterocycles. The molecule has 0 aliphatic heterocycles. The van der Waals surface area contributed by atoms with Crippen molar-refractivity contribution in [3.05, 3.63) is 34.6 Å². The lowest BCUT2D eigenvalue weighted by Crippen LogP contribution is -2.30. The SMILES string of the molecule is Cn1cnc(C(NN)c2c(Br)cnn2C)c1. The Kier molecular flexibility index (Phi) is 3.08. The van der Waals surface area contributed by atoms with E-state index in [2.05, 4.69) is 31.4 Å². The zero-order chi connectivity index (χ0) is 11.7. The van der Waals surface area contributed by atoms with E-state index in [-0.39, 0.29) is 6.04 Å². The van der Waals surface area contributed by atoms with Crippen molar-refractivity contribution in [3.8, 4) is 0 Å². The van der Waals surface area contributed by atoms with Crippen LogP contribution in [0.2, 0.25) is 0 Å². The van der Waals surface area contributed by atoms with Gasteiger partial charge < -0.3 is 4.57 Å². The van der Waals surface area contributed by atoms with Crippen molar-refractivity contribution in [2.24, 2.45) is 19.9 Å². The summed E-state index contributed by atoms with van der Waals surface area (Å²) in [6.07, 6.45) is 5.40. The van der Waals surface area contributed by atoms with E-state index < -0.39 is 0 Å². The van der Waals surface area contributed by atoms with Crippen LogP contribution in [-0.4, -0.2) is 19.3 Å². The molecule has 6 nitrogen and oxygen atoms in total. The molecule has 7 heteroatoms. The van der Waals surface area contributed by atoms with Crippen LogP contribution in [0.3, 0.4) is 0 Å². The molecule has 1 unspecified atom stereocenters. The number of hydrogen-bond acceptors (Lipinski definition) is 4. The number of aryl methyl sites for hydroxylation is 2. The van der Waals surface area contributed by atoms with Gasteiger partial charge in [0, 0.05) is 20.3 Å². The van der Waals surface area contributed by atoms with E-state index in [1.54, 1.807) is 17.2 Å². The minimum absolute atomic E-state index is 0.178. The van der Waals surface area contributed by atoms with E-state index in [1.165, 1.54) is 0 Å². The van der Waals surface area contributed by atoms with Gasteiger partial charge in [0.15, 0.2) is 0 Å². The van der Waals surface area contributed by atoms with Gasteiger partial charge in [-0.1, -0.05) is 0 Å². The van der Waals surface area contributed by atoms with E-state index in [4.69, 9.17) is 5.84 Å². The molecule has 3 N–H and O–H groups in total. The number of nitrogens with zero attached hydrogens (tertiary/aromatic N) is 4. The van der Waals surface area contributed by atoms with Crippen molar-refractivity contribution >= 4 is 15.9 Å². The van der Waals surface area contributed by atoms with Gasteiger partial charge in [-0.2, -0.15) is 5.10 Å². The molecule has 0 aliphatic rings. The van der Waals surface area contributed by atoms with Crippen LogP contribution >= 0.6 is 15.9 Å². The van der Waals surface area contributed by atoms with Gasteiger partial charge in [0.25, 0.3) is 0 Å². The summed E-state index contributed by atoms with van der Waals surface area (Å²) < 4.78 is 4.55. The predicted octanol–water partition coefficient (Wildman–Crippen LogP) is 0.469. The average molecular weight is 285 g/mol. The van der Waals surface area contributed by atoms with Gasteiger partial charge in [-0.05, 0) is 15.9 Å². The molecule has 2 aromatic rings. The fraction of sp³-hybridized carbons (Fsp3) is 0.333. The van der Waals surface area contributed by atoms with Crippen LogP contribution in [0, 0.1) is 0 Å². The highest BCUT2D eigenvalue weighted by Gasteiger charge is 2.21. The highest BCUT2D eigenvalue weighted by Crippen LogP contribution is 2.26. The molecular formula is C9H13BrN6. The van der Waals surface area contributed by atoms with Crippen LogP contribution in [-0.2, 0) is 14.1 Å². The van der Waals surface area contributed by atoms with Crippen LogP contribution < -0.4 is 11.3 Å². The van der Waals surface area contributed by atoms with Crippen LogP contribution in [0.4, 0.5) is 0 Å². The Labute approximate surface area is 102 Å². The van der Waals surface area contributed by atoms with Gasteiger partial charge in [0.05, 0.1) is 28.4 Å². The summed E-state index contributed by atoms with van der Waals surface area (Å²) in [5.41, 5.74) is 4.55. The summed E-state index contributed by atoms with van der Waals surface area (Å²) in [5, 5.41) is 4.16. The van der Waals surface area contributed by atoms with Crippen molar-refractivity contribution < 1.29 is 0 Å². The summed E-state index contributed by atoms with van der Waals surface area (Å²) >= 11 is 3.45. The van der Waals surface area contributed by atoms with Crippen LogP contribution in [0.5, 0.6) is 0 Å². The molecular weight excluding hydrogens is 272 g/mol. The Balaban J connectivity index is 2.44. The van der Waals surface area contributed by atoms with E-state index >= 15 is 0 Å². The number of aromatic nitrogens is 4. The number of rotatable bonds is 3. The Bertz CT molecular complexity index is 468. The van der Waals surface area contributed by atoms with Crippen LogP contribution in [0.25, 0.3) is 0 Å². The summed E-state index contributed by atoms with van der Waals surface area (Å²) in [5.74, 6) is 5.58. The fourth-order valence-electron chi connectivity index (χ4n) is 1.63. The Morgan fingerprint density at radius 3 is 2.69 bits per heavy atom. The minimum Gasteiger partial charge on any atom is -0.340 e. The number of nitrogens with one attached hydrogen (secondary N) is 1. The molecule has 0 aromatic carbocycles. The first-order chi connectivity index (χ1) is 7.63. The van der Waals surface area contributed by atoms with E-state index in [9.17, 15) is 0 Å². The van der Waals surface area contributed by atoms with Gasteiger partial charge in [-0.3, -0.25) is 10.5 Å². The van der Waals surface area contributed by atoms with Gasteiger partial charge in [0.1, 0.15) is 6.04 Å². The number of hydrogen-bond donors (Lipinski definition) is 2. The first kappa shape index (κ1) is 11.3. The molecule has 16 heavy (non-hydrogen) atoms. The molecule has 0 aliphatic carbocycles. The second-order valence-electron chi connectivity index (χ2n) is 3.57. The minimum atomic E-state index is -0.178. The lowest BCUT2D eigenvalue weighted by atomic mass is 10.1. The first-order valence-electron chi connectivity index (χ1n) is 4.75. The number of hydrazine groups is 1. The maximum Gasteiger partial charge on any atom is 0.107 e. The summed E-state index contributed by atoms with van der Waals surface area (Å²) in [6, 6.07) is -0.178. The zero-order valence-corrected chi connectivity index (χ0v) is 10.6. The molecule has 2 rings (SSSR count). The lowest BCUT2D eigenvalue weighted by Gasteiger charge is -2.14. The van der Waals surface area contributed by atoms with Gasteiger partial charge >= 0.3 is 0 Å². The van der Waals surface area contributed by atoms with Crippen LogP contribution in [0.15, 0.2) is 23.2 Å². The largest absolute Gasteiger partial charge is 0.340 e. The zero-order valence-electron chi connectivity index (χ0n) is 9.05. The molecule has 0 radical (unpaired) electrons. The van der Waals surface area contributed by atoms with E-state index in [1.807, 2.05) is 24.9 Å². The van der Waals surface area contributed by atoms with Gasteiger partial charge in [-0.15, -0.1) is 0 Å². The van der Waals surface area contributed by atoms with E-state index in [0.29, 0.717) is 0 Å². The molecule has 0 fully saturated rings. The van der Waals surface area contributed by atoms with Crippen molar-refractivity contribution in [2.45, 2.75) is 6.04 Å². The first-order valence-corrected chi connectivity index (χ1v) is 5.54. The van der Waals surface area contributed by atoms with Crippen molar-refractivity contribution in [1.29, 1.82) is 0 Å². The quantitative estimate of drug-likeness (QED) is 0.635. The smallest absolute Gasteiger partial charge is 0.107 e. The maximum absolute atomic E-state index is 5.58. The molecule has 1 atom stereocenters. The second-order valence-corrected chi connectivity index (χ2v) is 4.42. The molecule has 0 saturated carbocycles. The Morgan fingerprint density at radius 2 is 2.25 bits per heavy atom. The third kappa shape index (κ3) is 1.89. The number of halogens is 1. The standard InChI is InChI=1S/C9H13BrN6/c1-15-4-7(12-5-15)8(14-11)9-6(10)3-13-16(9)2/h3-5,8,14H,11H2,1-2H3. The number of imidazole rings is 1. The summed E-state index contributed by atoms with van der Waals surface area (Å²) in [7, 11) is 3.79. The van der Waals surface area contributed by atoms with Gasteiger partial charge in [-0.25, -0.2) is 10.4 Å². The fourth-order valence-corrected chi connectivity index (χ4v) is 2.21. The molecule has 86 valence electrons. The molecule has 2 heterocycles. The molecule has 0 saturated heterocycles. The Morgan fingerprint density at radius 1 is 1.50 bits per heavy atom. The van der Waals surface area contributed by atoms with Crippen molar-refractivity contribution in [1.82, 2.24) is 24.8 Å². The number of nitrogens with two attached hydrogens (primary N) is 1. The van der Waals surface area contributed by atoms with E-state index in [0.717, 1.165) is 15.9 Å². The summed E-state index contributed by atoms with van der Waals surface area (Å²) in [6.45, 7) is 0.